The molecular formula is C15H20N2O2. The van der Waals surface area contributed by atoms with Crippen LogP contribution in [0.5, 0.6) is 0 Å². The first kappa shape index (κ1) is 12.6. The van der Waals surface area contributed by atoms with E-state index in [4.69, 9.17) is 4.74 Å². The Balaban J connectivity index is 1.58. The van der Waals surface area contributed by atoms with Gasteiger partial charge in [-0.15, -0.1) is 0 Å². The molecule has 2 fully saturated rings. The summed E-state index contributed by atoms with van der Waals surface area (Å²) in [5.41, 5.74) is 1.98. The lowest BCUT2D eigenvalue weighted by atomic mass is 10.1. The van der Waals surface area contributed by atoms with Gasteiger partial charge in [0.2, 0.25) is 0 Å². The Kier molecular flexibility index (Phi) is 3.53. The number of nitrogens with zero attached hydrogens (tertiary/aromatic N) is 2. The maximum Gasteiger partial charge on any atom is 0.253 e. The molecule has 4 nitrogen and oxygen atoms in total. The minimum absolute atomic E-state index is 0.157. The minimum Gasteiger partial charge on any atom is -0.378 e. The number of hydrogen-bond donors (Lipinski definition) is 0. The third-order valence-electron chi connectivity index (χ3n) is 4.04. The molecule has 2 saturated heterocycles. The molecule has 0 atom stereocenters. The Morgan fingerprint density at radius 2 is 1.74 bits per heavy atom. The monoisotopic (exact) mass is 260 g/mol. The van der Waals surface area contributed by atoms with Crippen LogP contribution in [0.2, 0.25) is 0 Å². The van der Waals surface area contributed by atoms with Crippen LogP contribution in [0.1, 0.15) is 15.9 Å². The van der Waals surface area contributed by atoms with Gasteiger partial charge in [0.05, 0.1) is 19.3 Å². The molecule has 3 rings (SSSR count). The molecule has 4 heteroatoms. The summed E-state index contributed by atoms with van der Waals surface area (Å²) in [6, 6.07) is 8.41. The Morgan fingerprint density at radius 1 is 1.11 bits per heavy atom. The van der Waals surface area contributed by atoms with Gasteiger partial charge in [0, 0.05) is 31.7 Å². The molecule has 0 aromatic heterocycles. The van der Waals surface area contributed by atoms with Crippen molar-refractivity contribution in [2.45, 2.75) is 13.0 Å². The lowest BCUT2D eigenvalue weighted by molar-refractivity contribution is -0.0746. The first-order valence-electron chi connectivity index (χ1n) is 6.92. The number of hydrogen-bond acceptors (Lipinski definition) is 3. The first-order valence-corrected chi connectivity index (χ1v) is 6.92. The third kappa shape index (κ3) is 2.65. The number of rotatable bonds is 2. The van der Waals surface area contributed by atoms with E-state index in [1.54, 1.807) is 0 Å². The number of ether oxygens (including phenoxy) is 1. The van der Waals surface area contributed by atoms with Crippen LogP contribution in [-0.2, 0) is 4.74 Å². The van der Waals surface area contributed by atoms with Gasteiger partial charge >= 0.3 is 0 Å². The SMILES string of the molecule is Cc1ccc(C(=O)N2CCN(C3COC3)CC2)cc1. The maximum absolute atomic E-state index is 12.4. The molecule has 0 radical (unpaired) electrons. The van der Waals surface area contributed by atoms with Crippen LogP contribution in [0.4, 0.5) is 0 Å². The van der Waals surface area contributed by atoms with Gasteiger partial charge in [-0.3, -0.25) is 9.69 Å². The van der Waals surface area contributed by atoms with E-state index in [2.05, 4.69) is 4.90 Å². The van der Waals surface area contributed by atoms with Crippen molar-refractivity contribution in [1.29, 1.82) is 0 Å². The summed E-state index contributed by atoms with van der Waals surface area (Å²) < 4.78 is 5.22. The number of piperazine rings is 1. The van der Waals surface area contributed by atoms with Gasteiger partial charge in [-0.05, 0) is 19.1 Å². The van der Waals surface area contributed by atoms with Crippen LogP contribution in [0.15, 0.2) is 24.3 Å². The Hall–Kier alpha value is -1.39. The second kappa shape index (κ2) is 5.31. The van der Waals surface area contributed by atoms with E-state index in [0.29, 0.717) is 6.04 Å². The van der Waals surface area contributed by atoms with E-state index < -0.39 is 0 Å². The van der Waals surface area contributed by atoms with Crippen molar-refractivity contribution in [3.8, 4) is 0 Å². The van der Waals surface area contributed by atoms with Crippen molar-refractivity contribution in [1.82, 2.24) is 9.80 Å². The van der Waals surface area contributed by atoms with Gasteiger partial charge in [0.1, 0.15) is 0 Å². The fourth-order valence-corrected chi connectivity index (χ4v) is 2.60. The number of benzene rings is 1. The zero-order valence-electron chi connectivity index (χ0n) is 11.3. The second-order valence-corrected chi connectivity index (χ2v) is 5.39. The van der Waals surface area contributed by atoms with Crippen molar-refractivity contribution in [3.05, 3.63) is 35.4 Å². The molecule has 19 heavy (non-hydrogen) atoms. The summed E-state index contributed by atoms with van der Waals surface area (Å²) in [5.74, 6) is 0.157. The van der Waals surface area contributed by atoms with E-state index in [1.165, 1.54) is 5.56 Å². The van der Waals surface area contributed by atoms with Crippen molar-refractivity contribution < 1.29 is 9.53 Å². The summed E-state index contributed by atoms with van der Waals surface area (Å²) in [6.07, 6.45) is 0. The minimum atomic E-state index is 0.157. The van der Waals surface area contributed by atoms with Crippen LogP contribution < -0.4 is 0 Å². The fraction of sp³-hybridized carbons (Fsp3) is 0.533. The molecule has 2 aliphatic heterocycles. The molecule has 102 valence electrons. The van der Waals surface area contributed by atoms with Gasteiger partial charge in [-0.1, -0.05) is 17.7 Å². The molecule has 2 heterocycles. The van der Waals surface area contributed by atoms with Gasteiger partial charge in [0.15, 0.2) is 0 Å². The Morgan fingerprint density at radius 3 is 2.26 bits per heavy atom. The first-order chi connectivity index (χ1) is 9.24. The molecule has 0 spiro atoms. The van der Waals surface area contributed by atoms with Gasteiger partial charge in [-0.2, -0.15) is 0 Å². The molecule has 1 aromatic carbocycles. The molecule has 2 aliphatic rings. The number of amides is 1. The zero-order chi connectivity index (χ0) is 13.2. The molecule has 0 aliphatic carbocycles. The summed E-state index contributed by atoms with van der Waals surface area (Å²) >= 11 is 0. The molecule has 0 unspecified atom stereocenters. The largest absolute Gasteiger partial charge is 0.378 e. The summed E-state index contributed by atoms with van der Waals surface area (Å²) in [6.45, 7) is 7.31. The average Bonchev–Trinajstić information content (AvgIpc) is 2.38. The van der Waals surface area contributed by atoms with Crippen LogP contribution in [0.25, 0.3) is 0 Å². The standard InChI is InChI=1S/C15H20N2O2/c1-12-2-4-13(5-3-12)15(18)17-8-6-16(7-9-17)14-10-19-11-14/h2-5,14H,6-11H2,1H3. The lowest BCUT2D eigenvalue weighted by Crippen LogP contribution is -2.57. The fourth-order valence-electron chi connectivity index (χ4n) is 2.60. The molecule has 0 bridgehead atoms. The van der Waals surface area contributed by atoms with Gasteiger partial charge in [-0.25, -0.2) is 0 Å². The van der Waals surface area contributed by atoms with E-state index in [1.807, 2.05) is 36.1 Å². The quantitative estimate of drug-likeness (QED) is 0.800. The topological polar surface area (TPSA) is 32.8 Å². The Labute approximate surface area is 113 Å². The van der Waals surface area contributed by atoms with Gasteiger partial charge in [0.25, 0.3) is 5.91 Å². The molecule has 0 saturated carbocycles. The highest BCUT2D eigenvalue weighted by Gasteiger charge is 2.30. The van der Waals surface area contributed by atoms with Crippen LogP contribution in [0, 0.1) is 6.92 Å². The molecule has 1 aromatic rings. The average molecular weight is 260 g/mol. The van der Waals surface area contributed by atoms with E-state index in [9.17, 15) is 4.79 Å². The molecule has 0 N–H and O–H groups in total. The van der Waals surface area contributed by atoms with Crippen molar-refractivity contribution in [2.24, 2.45) is 0 Å². The number of carbonyl (C=O) groups excluding carboxylic acids is 1. The smallest absolute Gasteiger partial charge is 0.253 e. The highest BCUT2D eigenvalue weighted by atomic mass is 16.5. The maximum atomic E-state index is 12.4. The van der Waals surface area contributed by atoms with Crippen LogP contribution >= 0.6 is 0 Å². The molecule has 1 amide bonds. The highest BCUT2D eigenvalue weighted by Crippen LogP contribution is 2.15. The zero-order valence-corrected chi connectivity index (χ0v) is 11.3. The van der Waals surface area contributed by atoms with E-state index in [0.717, 1.165) is 45.0 Å². The van der Waals surface area contributed by atoms with Crippen molar-refractivity contribution >= 4 is 5.91 Å². The van der Waals surface area contributed by atoms with Gasteiger partial charge < -0.3 is 9.64 Å². The van der Waals surface area contributed by atoms with E-state index >= 15 is 0 Å². The Bertz CT molecular complexity index is 446. The van der Waals surface area contributed by atoms with Crippen molar-refractivity contribution in [2.75, 3.05) is 39.4 Å². The van der Waals surface area contributed by atoms with Crippen LogP contribution in [-0.4, -0.2) is 61.1 Å². The third-order valence-corrected chi connectivity index (χ3v) is 4.04. The highest BCUT2D eigenvalue weighted by molar-refractivity contribution is 5.94. The predicted octanol–water partition coefficient (Wildman–Crippen LogP) is 1.15. The van der Waals surface area contributed by atoms with E-state index in [-0.39, 0.29) is 5.91 Å². The molecular weight excluding hydrogens is 240 g/mol. The number of carbonyl (C=O) groups is 1. The lowest BCUT2D eigenvalue weighted by Gasteiger charge is -2.42. The number of aryl methyl sites for hydroxylation is 1. The van der Waals surface area contributed by atoms with Crippen LogP contribution in [0.3, 0.4) is 0 Å². The second-order valence-electron chi connectivity index (χ2n) is 5.39. The summed E-state index contributed by atoms with van der Waals surface area (Å²) in [7, 11) is 0. The summed E-state index contributed by atoms with van der Waals surface area (Å²) in [5, 5.41) is 0. The van der Waals surface area contributed by atoms with Crippen molar-refractivity contribution in [3.63, 3.8) is 0 Å². The predicted molar refractivity (Wildman–Crippen MR) is 73.3 cm³/mol. The summed E-state index contributed by atoms with van der Waals surface area (Å²) in [4.78, 5) is 16.7. The normalized spacial score (nSPS) is 21.2.